The van der Waals surface area contributed by atoms with Crippen molar-refractivity contribution in [1.29, 1.82) is 0 Å². The molecule has 1 heterocycles. The Bertz CT molecular complexity index is 880. The molecule has 7 nitrogen and oxygen atoms in total. The summed E-state index contributed by atoms with van der Waals surface area (Å²) in [5.41, 5.74) is -0.518. The van der Waals surface area contributed by atoms with Gasteiger partial charge in [-0.2, -0.15) is 0 Å². The zero-order valence-corrected chi connectivity index (χ0v) is 12.2. The minimum absolute atomic E-state index is 0.172. The zero-order valence-electron chi connectivity index (χ0n) is 12.2. The Morgan fingerprint density at radius 1 is 1.13 bits per heavy atom. The highest BCUT2D eigenvalue weighted by Crippen LogP contribution is 2.23. The first-order valence-corrected chi connectivity index (χ1v) is 6.80. The maximum atomic E-state index is 12.0. The minimum Gasteiger partial charge on any atom is -0.854 e. The summed E-state index contributed by atoms with van der Waals surface area (Å²) in [6, 6.07) is 16.0. The number of nitrogens with zero attached hydrogens (tertiary/aromatic N) is 2. The van der Waals surface area contributed by atoms with Crippen molar-refractivity contribution in [3.63, 3.8) is 0 Å². The summed E-state index contributed by atoms with van der Waals surface area (Å²) in [5, 5.41) is 14.3. The highest BCUT2D eigenvalue weighted by Gasteiger charge is 2.17. The standard InChI is InChI=1S/C16H13N3O4/c1-19-14(16(21)23-18-19)15(20)17-11-7-9-13(10-8-11)22-12-5-3-2-4-6-12/h2-10H,1H3,(H-,17,18,20,21). The van der Waals surface area contributed by atoms with E-state index in [0.717, 1.165) is 0 Å². The van der Waals surface area contributed by atoms with E-state index in [2.05, 4.69) is 14.8 Å². The van der Waals surface area contributed by atoms with E-state index in [4.69, 9.17) is 4.74 Å². The van der Waals surface area contributed by atoms with E-state index < -0.39 is 11.5 Å². The quantitative estimate of drug-likeness (QED) is 0.442. The lowest BCUT2D eigenvalue weighted by molar-refractivity contribution is -0.742. The molecule has 0 amide bonds. The minimum atomic E-state index is -0.759. The Balaban J connectivity index is 1.80. The van der Waals surface area contributed by atoms with Gasteiger partial charge in [0, 0.05) is 0 Å². The number of H-pyrrole nitrogens is 1. The Morgan fingerprint density at radius 3 is 2.39 bits per heavy atom. The number of aromatic nitrogens is 2. The van der Waals surface area contributed by atoms with Crippen LogP contribution in [-0.4, -0.2) is 11.2 Å². The molecule has 2 aromatic carbocycles. The maximum Gasteiger partial charge on any atom is 0.435 e. The molecule has 0 bridgehead atoms. The monoisotopic (exact) mass is 311 g/mol. The van der Waals surface area contributed by atoms with Crippen LogP contribution in [0.5, 0.6) is 11.5 Å². The molecule has 23 heavy (non-hydrogen) atoms. The van der Waals surface area contributed by atoms with Gasteiger partial charge in [0.15, 0.2) is 7.05 Å². The molecule has 0 unspecified atom stereocenters. The van der Waals surface area contributed by atoms with E-state index in [1.54, 1.807) is 24.3 Å². The van der Waals surface area contributed by atoms with Crippen LogP contribution < -0.4 is 20.2 Å². The Hall–Kier alpha value is -3.35. The summed E-state index contributed by atoms with van der Waals surface area (Å²) in [6.07, 6.45) is 0. The van der Waals surface area contributed by atoms with E-state index >= 15 is 0 Å². The number of rotatable bonds is 4. The molecule has 0 saturated carbocycles. The summed E-state index contributed by atoms with van der Waals surface area (Å²) < 4.78 is 11.4. The van der Waals surface area contributed by atoms with Crippen LogP contribution in [0.1, 0.15) is 5.69 Å². The fourth-order valence-electron chi connectivity index (χ4n) is 1.96. The number of hydrogen-bond donors (Lipinski definition) is 1. The average molecular weight is 311 g/mol. The molecule has 3 rings (SSSR count). The molecule has 3 aromatic rings. The number of hydrogen-bond acceptors (Lipinski definition) is 5. The van der Waals surface area contributed by atoms with Crippen LogP contribution in [0.4, 0.5) is 5.69 Å². The number of nitrogens with one attached hydrogen (secondary N) is 1. The number of aryl methyl sites for hydroxylation is 1. The van der Waals surface area contributed by atoms with Gasteiger partial charge in [-0.25, -0.2) is 4.79 Å². The van der Waals surface area contributed by atoms with E-state index in [9.17, 15) is 9.90 Å². The van der Waals surface area contributed by atoms with Crippen molar-refractivity contribution in [3.8, 4) is 11.5 Å². The molecule has 0 aliphatic rings. The van der Waals surface area contributed by atoms with Crippen molar-refractivity contribution in [2.24, 2.45) is 12.0 Å². The second-order valence-corrected chi connectivity index (χ2v) is 4.71. The first-order valence-electron chi connectivity index (χ1n) is 6.80. The smallest absolute Gasteiger partial charge is 0.435 e. The number of aliphatic imine (C=N–C) groups is 1. The van der Waals surface area contributed by atoms with E-state index in [0.29, 0.717) is 17.2 Å². The van der Waals surface area contributed by atoms with E-state index in [1.165, 1.54) is 11.7 Å². The fourth-order valence-corrected chi connectivity index (χ4v) is 1.96. The molecule has 0 spiro atoms. The average Bonchev–Trinajstić information content (AvgIpc) is 2.89. The van der Waals surface area contributed by atoms with Gasteiger partial charge in [-0.05, 0) is 41.7 Å². The van der Waals surface area contributed by atoms with Crippen molar-refractivity contribution in [2.75, 3.05) is 0 Å². The highest BCUT2D eigenvalue weighted by molar-refractivity contribution is 5.88. The Labute approximate surface area is 131 Å². The second-order valence-electron chi connectivity index (χ2n) is 4.71. The fraction of sp³-hybridized carbons (Fsp3) is 0.0625. The predicted octanol–water partition coefficient (Wildman–Crippen LogP) is 1.02. The molecule has 0 saturated heterocycles. The molecule has 1 aromatic heterocycles. The van der Waals surface area contributed by atoms with Crippen LogP contribution in [0.2, 0.25) is 0 Å². The molecule has 0 aliphatic heterocycles. The lowest BCUT2D eigenvalue weighted by atomic mass is 10.3. The van der Waals surface area contributed by atoms with Gasteiger partial charge in [0.05, 0.1) is 11.6 Å². The lowest BCUT2D eigenvalue weighted by Gasteiger charge is -2.06. The second kappa shape index (κ2) is 6.18. The number of benzene rings is 2. The maximum absolute atomic E-state index is 12.0. The van der Waals surface area contributed by atoms with Gasteiger partial charge in [0.25, 0.3) is 0 Å². The summed E-state index contributed by atoms with van der Waals surface area (Å²) in [5.74, 6) is 0.652. The van der Waals surface area contributed by atoms with Crippen LogP contribution in [0.15, 0.2) is 68.9 Å². The van der Waals surface area contributed by atoms with Crippen molar-refractivity contribution >= 4 is 11.6 Å². The van der Waals surface area contributed by atoms with Crippen LogP contribution in [0, 0.1) is 0 Å². The van der Waals surface area contributed by atoms with Crippen LogP contribution in [0.25, 0.3) is 0 Å². The predicted molar refractivity (Wildman–Crippen MR) is 79.7 cm³/mol. The molecular formula is C16H13N3O4. The van der Waals surface area contributed by atoms with Gasteiger partial charge in [-0.1, -0.05) is 22.9 Å². The molecule has 0 fully saturated rings. The molecular weight excluding hydrogens is 298 g/mol. The third-order valence-corrected chi connectivity index (χ3v) is 3.05. The third kappa shape index (κ3) is 3.29. The summed E-state index contributed by atoms with van der Waals surface area (Å²) >= 11 is 0. The Kier molecular flexibility index (Phi) is 3.92. The topological polar surface area (TPSA) is 94.5 Å². The highest BCUT2D eigenvalue weighted by atomic mass is 16.5. The Morgan fingerprint density at radius 2 is 1.78 bits per heavy atom. The van der Waals surface area contributed by atoms with Gasteiger partial charge < -0.3 is 9.84 Å². The molecule has 7 heteroatoms. The lowest BCUT2D eigenvalue weighted by Crippen LogP contribution is -2.43. The van der Waals surface area contributed by atoms with Crippen molar-refractivity contribution in [3.05, 3.63) is 70.7 Å². The summed E-state index contributed by atoms with van der Waals surface area (Å²) in [7, 11) is 1.49. The van der Waals surface area contributed by atoms with Crippen LogP contribution in [0.3, 0.4) is 0 Å². The first kappa shape index (κ1) is 14.6. The number of ether oxygens (including phenoxy) is 1. The number of aromatic amines is 1. The molecule has 1 N–H and O–H groups in total. The molecule has 116 valence electrons. The summed E-state index contributed by atoms with van der Waals surface area (Å²) in [6.45, 7) is 0. The van der Waals surface area contributed by atoms with Gasteiger partial charge in [-0.3, -0.25) is 9.52 Å². The first-order chi connectivity index (χ1) is 11.1. The van der Waals surface area contributed by atoms with Gasteiger partial charge in [-0.15, -0.1) is 0 Å². The van der Waals surface area contributed by atoms with E-state index in [1.807, 2.05) is 30.3 Å². The van der Waals surface area contributed by atoms with Crippen LogP contribution >= 0.6 is 0 Å². The van der Waals surface area contributed by atoms with Gasteiger partial charge in [0.1, 0.15) is 11.5 Å². The SMILES string of the molecule is C[n+]1[nH]oc(=O)c1C([O-])=Nc1ccc(Oc2ccccc2)cc1. The molecule has 0 atom stereocenters. The van der Waals surface area contributed by atoms with Gasteiger partial charge in [0.2, 0.25) is 0 Å². The van der Waals surface area contributed by atoms with Crippen molar-refractivity contribution in [1.82, 2.24) is 5.27 Å². The van der Waals surface area contributed by atoms with Crippen molar-refractivity contribution in [2.45, 2.75) is 0 Å². The third-order valence-electron chi connectivity index (χ3n) is 3.05. The normalized spacial score (nSPS) is 11.4. The number of para-hydroxylation sites is 1. The van der Waals surface area contributed by atoms with Crippen molar-refractivity contribution < 1.29 is 19.0 Å². The molecule has 0 radical (unpaired) electrons. The largest absolute Gasteiger partial charge is 0.854 e. The van der Waals surface area contributed by atoms with Gasteiger partial charge >= 0.3 is 11.3 Å². The van der Waals surface area contributed by atoms with Crippen LogP contribution in [-0.2, 0) is 7.05 Å². The van der Waals surface area contributed by atoms with E-state index in [-0.39, 0.29) is 5.69 Å². The zero-order chi connectivity index (χ0) is 16.2. The molecule has 0 aliphatic carbocycles. The summed E-state index contributed by atoms with van der Waals surface area (Å²) in [4.78, 5) is 15.3.